The minimum absolute atomic E-state index is 0. The summed E-state index contributed by atoms with van der Waals surface area (Å²) in [6.07, 6.45) is 1.25. The standard InChI is InChI=1S/C23H19N2.C3H8.C2H6.CH5P.Y/c1-16-13-14-20(17(2)15-16)23-24-21(18-9-5-3-6-10-18)22(25-23)19-11-7-4-8-12-19;1-3-2;2*1-2;/h3-14H,1-2H3,(H,24,25);3H2,1-2H3;1-2H3;2H2,1H3;/q-1;;;;. The molecule has 1 N–H and O–H groups in total. The summed E-state index contributed by atoms with van der Waals surface area (Å²) in [7, 11) is 2.42. The number of hydrogen-bond donors (Lipinski definition) is 1. The topological polar surface area (TPSA) is 28.7 Å². The van der Waals surface area contributed by atoms with Crippen molar-refractivity contribution in [2.24, 2.45) is 0 Å². The van der Waals surface area contributed by atoms with Crippen molar-refractivity contribution >= 4 is 9.24 Å². The van der Waals surface area contributed by atoms with Gasteiger partial charge >= 0.3 is 0 Å². The average molecular weight is 535 g/mol. The van der Waals surface area contributed by atoms with Gasteiger partial charge in [0.05, 0.1) is 17.2 Å². The number of imidazole rings is 1. The molecule has 0 fully saturated rings. The van der Waals surface area contributed by atoms with Gasteiger partial charge in [-0.05, 0) is 0 Å². The molecule has 0 saturated heterocycles. The van der Waals surface area contributed by atoms with Crippen LogP contribution in [0, 0.1) is 19.9 Å². The molecule has 173 valence electrons. The van der Waals surface area contributed by atoms with E-state index in [2.05, 4.69) is 96.5 Å². The molecule has 33 heavy (non-hydrogen) atoms. The average Bonchev–Trinajstić information content (AvgIpc) is 3.28. The van der Waals surface area contributed by atoms with Crippen molar-refractivity contribution < 1.29 is 32.7 Å². The van der Waals surface area contributed by atoms with Gasteiger partial charge in [-0.25, -0.2) is 4.98 Å². The summed E-state index contributed by atoms with van der Waals surface area (Å²) in [5.41, 5.74) is 7.59. The second kappa shape index (κ2) is 17.8. The molecule has 3 aromatic carbocycles. The Morgan fingerprint density at radius 2 is 1.27 bits per heavy atom. The van der Waals surface area contributed by atoms with Crippen molar-refractivity contribution in [2.75, 3.05) is 6.66 Å². The van der Waals surface area contributed by atoms with Crippen LogP contribution in [0.2, 0.25) is 0 Å². The Labute approximate surface area is 229 Å². The van der Waals surface area contributed by atoms with Crippen molar-refractivity contribution in [1.29, 1.82) is 0 Å². The number of aromatic amines is 1. The summed E-state index contributed by atoms with van der Waals surface area (Å²) in [4.78, 5) is 8.48. The van der Waals surface area contributed by atoms with E-state index < -0.39 is 0 Å². The molecule has 4 aromatic rings. The SMILES string of the molecule is CC.CCC.CP.Cc1[c-]c(C)c(-c2nc(-c3ccccc3)c(-c3ccccc3)[nH]2)cc1.[Y]. The first-order valence-electron chi connectivity index (χ1n) is 11.4. The van der Waals surface area contributed by atoms with Gasteiger partial charge < -0.3 is 4.98 Å². The molecular weight excluding hydrogens is 496 g/mol. The number of aromatic nitrogens is 2. The van der Waals surface area contributed by atoms with E-state index >= 15 is 0 Å². The Kier molecular flexibility index (Phi) is 17.0. The largest absolute Gasteiger partial charge is 0.348 e. The van der Waals surface area contributed by atoms with Crippen LogP contribution in [0.1, 0.15) is 45.2 Å². The molecule has 0 aliphatic carbocycles. The van der Waals surface area contributed by atoms with Crippen molar-refractivity contribution in [1.82, 2.24) is 9.97 Å². The van der Waals surface area contributed by atoms with Crippen LogP contribution in [0.5, 0.6) is 0 Å². The zero-order valence-electron chi connectivity index (χ0n) is 21.2. The number of nitrogens with zero attached hydrogens (tertiary/aromatic N) is 1. The molecule has 4 rings (SSSR count). The Morgan fingerprint density at radius 3 is 1.76 bits per heavy atom. The van der Waals surface area contributed by atoms with E-state index in [4.69, 9.17) is 4.98 Å². The molecule has 0 aliphatic heterocycles. The predicted octanol–water partition coefficient (Wildman–Crippen LogP) is 8.76. The molecule has 0 spiro atoms. The van der Waals surface area contributed by atoms with E-state index in [1.165, 1.54) is 6.42 Å². The van der Waals surface area contributed by atoms with Gasteiger partial charge in [0, 0.05) is 43.8 Å². The monoisotopic (exact) mass is 534 g/mol. The maximum Gasteiger partial charge on any atom is 0.0955 e. The quantitative estimate of drug-likeness (QED) is 0.207. The Hall–Kier alpha value is -1.60. The van der Waals surface area contributed by atoms with Crippen LogP contribution in [-0.2, 0) is 32.7 Å². The van der Waals surface area contributed by atoms with E-state index in [1.54, 1.807) is 0 Å². The van der Waals surface area contributed by atoms with Gasteiger partial charge in [-0.3, -0.25) is 0 Å². The third-order valence-corrected chi connectivity index (χ3v) is 4.36. The van der Waals surface area contributed by atoms with Gasteiger partial charge in [0.1, 0.15) is 0 Å². The molecular formula is C29H38N2PY-. The van der Waals surface area contributed by atoms with Crippen LogP contribution in [0.25, 0.3) is 33.9 Å². The number of aryl methyl sites for hydroxylation is 2. The smallest absolute Gasteiger partial charge is 0.0955 e. The maximum atomic E-state index is 4.94. The van der Waals surface area contributed by atoms with Crippen LogP contribution in [-0.4, -0.2) is 16.6 Å². The van der Waals surface area contributed by atoms with Crippen LogP contribution < -0.4 is 0 Å². The van der Waals surface area contributed by atoms with Crippen LogP contribution in [0.3, 0.4) is 0 Å². The maximum absolute atomic E-state index is 4.94. The number of H-pyrrole nitrogens is 1. The summed E-state index contributed by atoms with van der Waals surface area (Å²) < 4.78 is 0. The molecule has 1 atom stereocenters. The first-order valence-corrected chi connectivity index (χ1v) is 12.6. The summed E-state index contributed by atoms with van der Waals surface area (Å²) in [5, 5.41) is 0. The molecule has 2 nitrogen and oxygen atoms in total. The summed E-state index contributed by atoms with van der Waals surface area (Å²) in [6.45, 7) is 14.3. The van der Waals surface area contributed by atoms with E-state index in [9.17, 15) is 0 Å². The minimum atomic E-state index is 0. The van der Waals surface area contributed by atoms with E-state index in [0.29, 0.717) is 0 Å². The number of hydrogen-bond acceptors (Lipinski definition) is 1. The van der Waals surface area contributed by atoms with Gasteiger partial charge in [-0.2, -0.15) is 29.3 Å². The van der Waals surface area contributed by atoms with E-state index in [0.717, 1.165) is 45.0 Å². The normalized spacial score (nSPS) is 9.09. The fourth-order valence-electron chi connectivity index (χ4n) is 3.11. The van der Waals surface area contributed by atoms with Crippen molar-refractivity contribution in [3.63, 3.8) is 0 Å². The van der Waals surface area contributed by atoms with E-state index in [-0.39, 0.29) is 32.7 Å². The molecule has 0 saturated carbocycles. The van der Waals surface area contributed by atoms with Gasteiger partial charge in [-0.1, -0.05) is 121 Å². The van der Waals surface area contributed by atoms with Crippen LogP contribution in [0.4, 0.5) is 0 Å². The third kappa shape index (κ3) is 9.28. The Morgan fingerprint density at radius 1 is 0.788 bits per heavy atom. The Bertz CT molecular complexity index is 971. The summed E-state index contributed by atoms with van der Waals surface area (Å²) in [6, 6.07) is 28.2. The molecule has 0 amide bonds. The number of benzene rings is 3. The van der Waals surface area contributed by atoms with Gasteiger partial charge in [0.2, 0.25) is 0 Å². The predicted molar refractivity (Wildman–Crippen MR) is 146 cm³/mol. The second-order valence-corrected chi connectivity index (χ2v) is 6.93. The molecule has 1 heterocycles. The second-order valence-electron chi connectivity index (χ2n) is 6.93. The molecule has 0 bridgehead atoms. The fraction of sp³-hybridized carbons (Fsp3) is 0.276. The number of nitrogens with one attached hydrogen (secondary N) is 1. The van der Waals surface area contributed by atoms with Crippen molar-refractivity contribution in [3.8, 4) is 33.9 Å². The van der Waals surface area contributed by atoms with Crippen LogP contribution >= 0.6 is 9.24 Å². The number of rotatable bonds is 3. The zero-order valence-corrected chi connectivity index (χ0v) is 25.2. The van der Waals surface area contributed by atoms with Gasteiger partial charge in [0.15, 0.2) is 0 Å². The molecule has 0 aliphatic rings. The fourth-order valence-corrected chi connectivity index (χ4v) is 3.11. The first-order chi connectivity index (χ1) is 15.6. The third-order valence-electron chi connectivity index (χ3n) is 4.36. The summed E-state index contributed by atoms with van der Waals surface area (Å²) in [5.74, 6) is 0.881. The summed E-state index contributed by atoms with van der Waals surface area (Å²) >= 11 is 0. The molecule has 1 radical (unpaired) electrons. The van der Waals surface area contributed by atoms with Gasteiger partial charge in [-0.15, -0.1) is 9.24 Å². The molecule has 4 heteroatoms. The zero-order chi connectivity index (χ0) is 23.9. The first kappa shape index (κ1) is 31.4. The Balaban J connectivity index is 0.00000116. The van der Waals surface area contributed by atoms with Crippen molar-refractivity contribution in [2.45, 2.75) is 48.0 Å². The van der Waals surface area contributed by atoms with Crippen molar-refractivity contribution in [3.05, 3.63) is 90.0 Å². The molecule has 1 aromatic heterocycles. The molecule has 1 unspecified atom stereocenters. The van der Waals surface area contributed by atoms with Crippen LogP contribution in [0.15, 0.2) is 72.8 Å². The minimum Gasteiger partial charge on any atom is -0.348 e. The van der Waals surface area contributed by atoms with E-state index in [1.807, 2.05) is 44.8 Å². The van der Waals surface area contributed by atoms with Gasteiger partial charge in [0.25, 0.3) is 0 Å².